The number of hydrogen-bond acceptors (Lipinski definition) is 5. The number of nitrogens with one attached hydrogen (secondary N) is 1. The van der Waals surface area contributed by atoms with E-state index in [1.54, 1.807) is 22.5 Å². The van der Waals surface area contributed by atoms with E-state index in [0.29, 0.717) is 0 Å². The summed E-state index contributed by atoms with van der Waals surface area (Å²) in [5, 5.41) is 21.3. The van der Waals surface area contributed by atoms with Crippen molar-refractivity contribution in [2.45, 2.75) is 26.2 Å². The number of unbranched alkanes of at least 4 members (excludes halogenated alkanes) is 2. The van der Waals surface area contributed by atoms with Gasteiger partial charge < -0.3 is 20.7 Å². The van der Waals surface area contributed by atoms with E-state index in [1.165, 1.54) is 6.42 Å². The predicted molar refractivity (Wildman–Crippen MR) is 75.4 cm³/mol. The Morgan fingerprint density at radius 2 is 2.28 bits per heavy atom. The largest absolute Gasteiger partial charge is 0.738 e. The van der Waals surface area contributed by atoms with Crippen LogP contribution in [-0.4, -0.2) is 16.7 Å². The smallest absolute Gasteiger partial charge is 0.100 e. The highest BCUT2D eigenvalue weighted by Crippen LogP contribution is 2.42. The molecule has 0 atom stereocenters. The molecular formula is C13H16N3OS-. The Kier molecular flexibility index (Phi) is 3.01. The number of thiophene rings is 1. The molecule has 0 aromatic carbocycles. The zero-order valence-electron chi connectivity index (χ0n) is 10.3. The third-order valence-corrected chi connectivity index (χ3v) is 4.13. The van der Waals surface area contributed by atoms with Crippen LogP contribution in [0.5, 0.6) is 0 Å². The lowest BCUT2D eigenvalue weighted by molar-refractivity contribution is 0.136. The van der Waals surface area contributed by atoms with Crippen LogP contribution >= 0.6 is 11.3 Å². The number of hydrogen-bond donors (Lipinski definition) is 1. The third kappa shape index (κ3) is 1.79. The molecule has 96 valence electrons. The summed E-state index contributed by atoms with van der Waals surface area (Å²) in [7, 11) is 0. The summed E-state index contributed by atoms with van der Waals surface area (Å²) in [4.78, 5) is 0. The van der Waals surface area contributed by atoms with Crippen LogP contribution in [0.1, 0.15) is 31.7 Å². The van der Waals surface area contributed by atoms with Gasteiger partial charge in [0.25, 0.3) is 0 Å². The van der Waals surface area contributed by atoms with Crippen LogP contribution in [0.2, 0.25) is 0 Å². The van der Waals surface area contributed by atoms with Crippen molar-refractivity contribution in [1.82, 2.24) is 10.2 Å². The first-order valence-corrected chi connectivity index (χ1v) is 7.20. The van der Waals surface area contributed by atoms with Gasteiger partial charge in [-0.3, -0.25) is 0 Å². The second-order valence-corrected chi connectivity index (χ2v) is 5.44. The molecule has 5 heteroatoms. The minimum atomic E-state index is 0.720. The van der Waals surface area contributed by atoms with Gasteiger partial charge in [0.15, 0.2) is 0 Å². The van der Waals surface area contributed by atoms with Gasteiger partial charge >= 0.3 is 0 Å². The molecule has 1 aromatic heterocycles. The molecule has 0 unspecified atom stereocenters. The number of nitrogens with zero attached hydrogens (tertiary/aromatic N) is 2. The SMILES string of the molecule is CCCCCN1C=C2C(=CNc3sccc32)N1[O-]. The Balaban J connectivity index is 1.82. The van der Waals surface area contributed by atoms with Crippen molar-refractivity contribution in [3.8, 4) is 0 Å². The van der Waals surface area contributed by atoms with Crippen molar-refractivity contribution in [3.05, 3.63) is 40.3 Å². The van der Waals surface area contributed by atoms with Crippen molar-refractivity contribution in [2.75, 3.05) is 11.9 Å². The number of hydroxylamine groups is 1. The second kappa shape index (κ2) is 4.66. The van der Waals surface area contributed by atoms with Crippen LogP contribution in [0.25, 0.3) is 5.57 Å². The summed E-state index contributed by atoms with van der Waals surface area (Å²) in [5.74, 6) is 0. The van der Waals surface area contributed by atoms with Gasteiger partial charge in [0, 0.05) is 30.1 Å². The highest BCUT2D eigenvalue weighted by Gasteiger charge is 2.26. The highest BCUT2D eigenvalue weighted by atomic mass is 32.1. The van der Waals surface area contributed by atoms with E-state index in [4.69, 9.17) is 0 Å². The maximum Gasteiger partial charge on any atom is 0.100 e. The normalized spacial score (nSPS) is 17.0. The molecule has 1 N–H and O–H groups in total. The molecule has 3 heterocycles. The third-order valence-electron chi connectivity index (χ3n) is 3.28. The van der Waals surface area contributed by atoms with E-state index in [0.717, 1.165) is 46.4 Å². The van der Waals surface area contributed by atoms with Gasteiger partial charge in [-0.05, 0) is 17.9 Å². The Bertz CT molecular complexity index is 506. The first kappa shape index (κ1) is 11.6. The number of fused-ring (bicyclic) bond motifs is 3. The van der Waals surface area contributed by atoms with E-state index >= 15 is 0 Å². The maximum absolute atomic E-state index is 12.2. The van der Waals surface area contributed by atoms with Crippen molar-refractivity contribution in [3.63, 3.8) is 0 Å². The quantitative estimate of drug-likeness (QED) is 0.842. The summed E-state index contributed by atoms with van der Waals surface area (Å²) in [6, 6.07) is 2.06. The van der Waals surface area contributed by atoms with Gasteiger partial charge in [0.2, 0.25) is 0 Å². The fourth-order valence-corrected chi connectivity index (χ4v) is 3.07. The fraction of sp³-hybridized carbons (Fsp3) is 0.385. The molecule has 0 spiro atoms. The number of anilines is 1. The lowest BCUT2D eigenvalue weighted by Gasteiger charge is -2.37. The molecule has 2 aliphatic heterocycles. The molecule has 0 aliphatic carbocycles. The number of hydrazine groups is 1. The average molecular weight is 262 g/mol. The van der Waals surface area contributed by atoms with Crippen LogP contribution in [0.15, 0.2) is 29.5 Å². The summed E-state index contributed by atoms with van der Waals surface area (Å²) < 4.78 is 0. The van der Waals surface area contributed by atoms with Gasteiger partial charge in [-0.2, -0.15) is 0 Å². The molecule has 0 saturated heterocycles. The monoisotopic (exact) mass is 262 g/mol. The molecule has 0 fully saturated rings. The van der Waals surface area contributed by atoms with E-state index in [-0.39, 0.29) is 0 Å². The lowest BCUT2D eigenvalue weighted by Crippen LogP contribution is -2.30. The Morgan fingerprint density at radius 1 is 1.39 bits per heavy atom. The molecule has 0 bridgehead atoms. The van der Waals surface area contributed by atoms with E-state index < -0.39 is 0 Å². The molecule has 3 rings (SSSR count). The van der Waals surface area contributed by atoms with Crippen molar-refractivity contribution in [2.24, 2.45) is 0 Å². The second-order valence-electron chi connectivity index (χ2n) is 4.52. The Hall–Kier alpha value is -1.46. The summed E-state index contributed by atoms with van der Waals surface area (Å²) in [6.07, 6.45) is 7.16. The fourth-order valence-electron chi connectivity index (χ4n) is 2.30. The van der Waals surface area contributed by atoms with Crippen molar-refractivity contribution < 1.29 is 0 Å². The van der Waals surface area contributed by atoms with Gasteiger partial charge in [-0.15, -0.1) is 11.3 Å². The Labute approximate surface area is 111 Å². The maximum atomic E-state index is 12.2. The highest BCUT2D eigenvalue weighted by molar-refractivity contribution is 7.14. The van der Waals surface area contributed by atoms with E-state index in [1.807, 2.05) is 11.6 Å². The molecule has 0 amide bonds. The number of rotatable bonds is 4. The van der Waals surface area contributed by atoms with Gasteiger partial charge in [-0.25, -0.2) is 0 Å². The molecule has 2 aliphatic rings. The summed E-state index contributed by atoms with van der Waals surface area (Å²) >= 11 is 1.66. The first-order valence-electron chi connectivity index (χ1n) is 6.32. The summed E-state index contributed by atoms with van der Waals surface area (Å²) in [6.45, 7) is 2.96. The van der Waals surface area contributed by atoms with Crippen molar-refractivity contribution in [1.29, 1.82) is 0 Å². The van der Waals surface area contributed by atoms with Gasteiger partial charge in [0.05, 0.1) is 5.70 Å². The standard InChI is InChI=1S/C13H16N3OS/c1-2-3-4-6-15-9-11-10-5-7-18-13(10)14-8-12(11)16(15)17/h5,7-9,14H,2-4,6H2,1H3/q-1. The van der Waals surface area contributed by atoms with Crippen LogP contribution in [-0.2, 0) is 0 Å². The summed E-state index contributed by atoms with van der Waals surface area (Å²) in [5.41, 5.74) is 2.89. The van der Waals surface area contributed by atoms with Crippen LogP contribution in [0, 0.1) is 5.21 Å². The van der Waals surface area contributed by atoms with Gasteiger partial charge in [0.1, 0.15) is 5.00 Å². The zero-order chi connectivity index (χ0) is 12.5. The van der Waals surface area contributed by atoms with Crippen LogP contribution in [0.4, 0.5) is 5.00 Å². The molecule has 18 heavy (non-hydrogen) atoms. The van der Waals surface area contributed by atoms with Crippen LogP contribution < -0.4 is 5.32 Å². The van der Waals surface area contributed by atoms with Crippen molar-refractivity contribution >= 4 is 21.9 Å². The average Bonchev–Trinajstić information content (AvgIpc) is 2.95. The lowest BCUT2D eigenvalue weighted by atomic mass is 10.1. The molecule has 0 radical (unpaired) electrons. The minimum Gasteiger partial charge on any atom is -0.738 e. The molecule has 0 saturated carbocycles. The molecule has 1 aromatic rings. The van der Waals surface area contributed by atoms with E-state index in [9.17, 15) is 5.21 Å². The van der Waals surface area contributed by atoms with Gasteiger partial charge in [-0.1, -0.05) is 19.8 Å². The first-order chi connectivity index (χ1) is 8.81. The van der Waals surface area contributed by atoms with Crippen LogP contribution in [0.3, 0.4) is 0 Å². The minimum absolute atomic E-state index is 0.720. The topological polar surface area (TPSA) is 41.6 Å². The molecule has 4 nitrogen and oxygen atoms in total. The van der Waals surface area contributed by atoms with E-state index in [2.05, 4.69) is 18.3 Å². The zero-order valence-corrected chi connectivity index (χ0v) is 11.2. The number of allylic oxidation sites excluding steroid dienone is 1. The Morgan fingerprint density at radius 3 is 3.11 bits per heavy atom. The predicted octanol–water partition coefficient (Wildman–Crippen LogP) is 3.58. The molecular weight excluding hydrogens is 246 g/mol.